The van der Waals surface area contributed by atoms with Crippen LogP contribution >= 0.6 is 11.8 Å². The van der Waals surface area contributed by atoms with Gasteiger partial charge in [-0.3, -0.25) is 14.2 Å². The lowest BCUT2D eigenvalue weighted by Crippen LogP contribution is -2.25. The highest BCUT2D eigenvalue weighted by Gasteiger charge is 2.13. The molecule has 0 aliphatic rings. The lowest BCUT2D eigenvalue weighted by Gasteiger charge is -2.12. The fraction of sp³-hybridized carbons (Fsp3) is 0.421. The molecule has 1 aromatic heterocycles. The van der Waals surface area contributed by atoms with E-state index in [0.29, 0.717) is 18.0 Å². The Bertz CT molecular complexity index is 815. The number of aliphatic carboxylic acids is 1. The first-order valence-electron chi connectivity index (χ1n) is 8.35. The second kappa shape index (κ2) is 8.85. The SMILES string of the molecule is Cc1cccc(Cc2c(C)nc(SCCCCC(=O)O)n(C)c2=O)c1. The van der Waals surface area contributed by atoms with E-state index in [1.165, 1.54) is 17.3 Å². The summed E-state index contributed by atoms with van der Waals surface area (Å²) in [6.45, 7) is 3.91. The van der Waals surface area contributed by atoms with Crippen LogP contribution in [0.5, 0.6) is 0 Å². The van der Waals surface area contributed by atoms with Gasteiger partial charge in [-0.25, -0.2) is 4.98 Å². The van der Waals surface area contributed by atoms with Gasteiger partial charge in [0.1, 0.15) is 0 Å². The van der Waals surface area contributed by atoms with Gasteiger partial charge in [0.05, 0.1) is 0 Å². The molecule has 0 bridgehead atoms. The number of thioether (sulfide) groups is 1. The Morgan fingerprint density at radius 3 is 2.72 bits per heavy atom. The van der Waals surface area contributed by atoms with Gasteiger partial charge in [-0.1, -0.05) is 41.6 Å². The van der Waals surface area contributed by atoms with Gasteiger partial charge < -0.3 is 5.11 Å². The van der Waals surface area contributed by atoms with Gasteiger partial charge in [-0.2, -0.15) is 0 Å². The average Bonchev–Trinajstić information content (AvgIpc) is 2.55. The van der Waals surface area contributed by atoms with E-state index in [1.54, 1.807) is 11.6 Å². The summed E-state index contributed by atoms with van der Waals surface area (Å²) >= 11 is 1.50. The molecule has 0 spiro atoms. The summed E-state index contributed by atoms with van der Waals surface area (Å²) < 4.78 is 1.60. The Labute approximate surface area is 152 Å². The molecule has 2 rings (SSSR count). The third kappa shape index (κ3) is 5.46. The molecule has 0 saturated carbocycles. The van der Waals surface area contributed by atoms with Gasteiger partial charge in [0.2, 0.25) is 0 Å². The smallest absolute Gasteiger partial charge is 0.303 e. The van der Waals surface area contributed by atoms with Crippen LogP contribution in [-0.2, 0) is 18.3 Å². The monoisotopic (exact) mass is 360 g/mol. The number of carboxylic acids is 1. The molecule has 0 fully saturated rings. The van der Waals surface area contributed by atoms with Gasteiger partial charge >= 0.3 is 5.97 Å². The quantitative estimate of drug-likeness (QED) is 0.444. The minimum atomic E-state index is -0.771. The van der Waals surface area contributed by atoms with Gasteiger partial charge in [0.15, 0.2) is 5.16 Å². The van der Waals surface area contributed by atoms with E-state index in [4.69, 9.17) is 5.11 Å². The molecule has 0 saturated heterocycles. The molecular weight excluding hydrogens is 336 g/mol. The second-order valence-electron chi connectivity index (χ2n) is 6.19. The van der Waals surface area contributed by atoms with Crippen molar-refractivity contribution >= 4 is 17.7 Å². The molecule has 5 nitrogen and oxygen atoms in total. The highest BCUT2D eigenvalue weighted by atomic mass is 32.2. The van der Waals surface area contributed by atoms with E-state index in [2.05, 4.69) is 11.1 Å². The minimum Gasteiger partial charge on any atom is -0.481 e. The van der Waals surface area contributed by atoms with Crippen LogP contribution in [-0.4, -0.2) is 26.4 Å². The third-order valence-electron chi connectivity index (χ3n) is 4.03. The van der Waals surface area contributed by atoms with Crippen LogP contribution in [0.15, 0.2) is 34.2 Å². The number of carbonyl (C=O) groups is 1. The topological polar surface area (TPSA) is 72.2 Å². The second-order valence-corrected chi connectivity index (χ2v) is 7.25. The molecule has 0 atom stereocenters. The van der Waals surface area contributed by atoms with Crippen LogP contribution < -0.4 is 5.56 Å². The van der Waals surface area contributed by atoms with E-state index in [0.717, 1.165) is 29.0 Å². The molecule has 1 aromatic carbocycles. The van der Waals surface area contributed by atoms with Crippen molar-refractivity contribution in [2.75, 3.05) is 5.75 Å². The number of carboxylic acid groups (broad SMARTS) is 1. The Morgan fingerprint density at radius 1 is 1.28 bits per heavy atom. The summed E-state index contributed by atoms with van der Waals surface area (Å²) in [6, 6.07) is 8.15. The molecule has 0 unspecified atom stereocenters. The van der Waals surface area contributed by atoms with E-state index in [1.807, 2.05) is 32.0 Å². The normalized spacial score (nSPS) is 10.8. The standard InChI is InChI=1S/C19H24N2O3S/c1-13-7-6-8-15(11-13)12-16-14(2)20-19(21(3)18(16)24)25-10-5-4-9-17(22)23/h6-8,11H,4-5,9-10,12H2,1-3H3,(H,22,23). The molecule has 1 heterocycles. The highest BCUT2D eigenvalue weighted by Crippen LogP contribution is 2.18. The molecule has 0 amide bonds. The maximum atomic E-state index is 12.7. The molecule has 134 valence electrons. The van der Waals surface area contributed by atoms with Crippen LogP contribution in [0.1, 0.15) is 41.6 Å². The van der Waals surface area contributed by atoms with Crippen LogP contribution in [0.4, 0.5) is 0 Å². The summed E-state index contributed by atoms with van der Waals surface area (Å²) in [4.78, 5) is 27.8. The third-order valence-corrected chi connectivity index (χ3v) is 5.15. The zero-order valence-electron chi connectivity index (χ0n) is 14.9. The Kier molecular flexibility index (Phi) is 6.82. The fourth-order valence-corrected chi connectivity index (χ4v) is 3.64. The van der Waals surface area contributed by atoms with Gasteiger partial charge in [-0.05, 0) is 32.3 Å². The lowest BCUT2D eigenvalue weighted by atomic mass is 10.0. The van der Waals surface area contributed by atoms with Crippen LogP contribution in [0.3, 0.4) is 0 Å². The molecular formula is C19H24N2O3S. The average molecular weight is 360 g/mol. The summed E-state index contributed by atoms with van der Waals surface area (Å²) in [5.41, 5.74) is 3.76. The number of aryl methyl sites for hydroxylation is 2. The summed E-state index contributed by atoms with van der Waals surface area (Å²) in [7, 11) is 1.74. The largest absolute Gasteiger partial charge is 0.481 e. The van der Waals surface area contributed by atoms with Crippen molar-refractivity contribution in [3.63, 3.8) is 0 Å². The fourth-order valence-electron chi connectivity index (χ4n) is 2.63. The van der Waals surface area contributed by atoms with Crippen molar-refractivity contribution in [2.24, 2.45) is 7.05 Å². The number of hydrogen-bond donors (Lipinski definition) is 1. The van der Waals surface area contributed by atoms with Crippen molar-refractivity contribution < 1.29 is 9.90 Å². The Hall–Kier alpha value is -2.08. The van der Waals surface area contributed by atoms with Crippen molar-refractivity contribution in [2.45, 2.75) is 44.7 Å². The highest BCUT2D eigenvalue weighted by molar-refractivity contribution is 7.99. The van der Waals surface area contributed by atoms with E-state index in [-0.39, 0.29) is 12.0 Å². The number of unbranched alkanes of at least 4 members (excludes halogenated alkanes) is 1. The van der Waals surface area contributed by atoms with Gasteiger partial charge in [0.25, 0.3) is 5.56 Å². The first-order valence-corrected chi connectivity index (χ1v) is 9.33. The number of rotatable bonds is 8. The number of aromatic nitrogens is 2. The van der Waals surface area contributed by atoms with Gasteiger partial charge in [0, 0.05) is 36.9 Å². The zero-order valence-corrected chi connectivity index (χ0v) is 15.7. The lowest BCUT2D eigenvalue weighted by molar-refractivity contribution is -0.137. The summed E-state index contributed by atoms with van der Waals surface area (Å²) in [5.74, 6) is -0.0172. The first-order chi connectivity index (χ1) is 11.9. The summed E-state index contributed by atoms with van der Waals surface area (Å²) in [6.07, 6.45) is 2.19. The number of benzene rings is 1. The molecule has 6 heteroatoms. The molecule has 0 aliphatic heterocycles. The van der Waals surface area contributed by atoms with Crippen LogP contribution in [0.25, 0.3) is 0 Å². The van der Waals surface area contributed by atoms with E-state index < -0.39 is 5.97 Å². The minimum absolute atomic E-state index is 0.0120. The van der Waals surface area contributed by atoms with Crippen LogP contribution in [0.2, 0.25) is 0 Å². The van der Waals surface area contributed by atoms with Crippen molar-refractivity contribution in [3.05, 3.63) is 57.0 Å². The zero-order chi connectivity index (χ0) is 18.4. The molecule has 25 heavy (non-hydrogen) atoms. The Morgan fingerprint density at radius 2 is 2.04 bits per heavy atom. The molecule has 0 radical (unpaired) electrons. The number of nitrogens with zero attached hydrogens (tertiary/aromatic N) is 2. The molecule has 0 aliphatic carbocycles. The van der Waals surface area contributed by atoms with Gasteiger partial charge in [-0.15, -0.1) is 0 Å². The van der Waals surface area contributed by atoms with Crippen molar-refractivity contribution in [3.8, 4) is 0 Å². The van der Waals surface area contributed by atoms with E-state index >= 15 is 0 Å². The Balaban J connectivity index is 2.10. The van der Waals surface area contributed by atoms with E-state index in [9.17, 15) is 9.59 Å². The van der Waals surface area contributed by atoms with Crippen molar-refractivity contribution in [1.82, 2.24) is 9.55 Å². The number of hydrogen-bond acceptors (Lipinski definition) is 4. The van der Waals surface area contributed by atoms with Crippen molar-refractivity contribution in [1.29, 1.82) is 0 Å². The predicted octanol–water partition coefficient (Wildman–Crippen LogP) is 3.33. The maximum absolute atomic E-state index is 12.7. The first kappa shape index (κ1) is 19.2. The summed E-state index contributed by atoms with van der Waals surface area (Å²) in [5, 5.41) is 9.34. The van der Waals surface area contributed by atoms with Crippen LogP contribution in [0, 0.1) is 13.8 Å². The maximum Gasteiger partial charge on any atom is 0.303 e. The molecule has 1 N–H and O–H groups in total. The molecule has 2 aromatic rings. The predicted molar refractivity (Wildman–Crippen MR) is 100 cm³/mol.